The van der Waals surface area contributed by atoms with Gasteiger partial charge in [-0.1, -0.05) is 6.07 Å². The van der Waals surface area contributed by atoms with Crippen molar-refractivity contribution < 1.29 is 13.2 Å². The molecule has 0 spiro atoms. The fourth-order valence-corrected chi connectivity index (χ4v) is 3.10. The van der Waals surface area contributed by atoms with Crippen LogP contribution in [0.3, 0.4) is 0 Å². The van der Waals surface area contributed by atoms with Crippen molar-refractivity contribution in [3.8, 4) is 5.95 Å². The summed E-state index contributed by atoms with van der Waals surface area (Å²) in [5.41, 5.74) is 2.58. The van der Waals surface area contributed by atoms with Gasteiger partial charge >= 0.3 is 6.18 Å². The lowest BCUT2D eigenvalue weighted by atomic mass is 10.2. The minimum absolute atomic E-state index is 0.287. The van der Waals surface area contributed by atoms with Crippen LogP contribution in [0.2, 0.25) is 0 Å². The van der Waals surface area contributed by atoms with Crippen molar-refractivity contribution in [2.45, 2.75) is 20.0 Å². The molecule has 1 N–H and O–H groups in total. The predicted octanol–water partition coefficient (Wildman–Crippen LogP) is 4.53. The van der Waals surface area contributed by atoms with E-state index in [4.69, 9.17) is 0 Å². The Bertz CT molecular complexity index is 1170. The Morgan fingerprint density at radius 1 is 1.04 bits per heavy atom. The van der Waals surface area contributed by atoms with Crippen molar-refractivity contribution in [1.82, 2.24) is 24.3 Å². The highest BCUT2D eigenvalue weighted by molar-refractivity contribution is 5.89. The van der Waals surface area contributed by atoms with Crippen LogP contribution in [0.4, 0.5) is 24.7 Å². The minimum atomic E-state index is -4.42. The molecule has 0 amide bonds. The van der Waals surface area contributed by atoms with Gasteiger partial charge in [0, 0.05) is 24.6 Å². The van der Waals surface area contributed by atoms with Gasteiger partial charge in [-0.3, -0.25) is 0 Å². The van der Waals surface area contributed by atoms with Crippen molar-refractivity contribution >= 4 is 22.5 Å². The molecule has 9 heteroatoms. The molecule has 0 bridgehead atoms. The van der Waals surface area contributed by atoms with E-state index in [1.54, 1.807) is 10.7 Å². The monoisotopic (exact) mass is 386 g/mol. The predicted molar refractivity (Wildman–Crippen MR) is 99.8 cm³/mol. The molecule has 0 aliphatic heterocycles. The number of hydrogen-bond donors (Lipinski definition) is 1. The number of aromatic nitrogens is 5. The van der Waals surface area contributed by atoms with Gasteiger partial charge < -0.3 is 9.88 Å². The van der Waals surface area contributed by atoms with Crippen molar-refractivity contribution in [3.05, 3.63) is 59.5 Å². The molecule has 28 heavy (non-hydrogen) atoms. The highest BCUT2D eigenvalue weighted by Crippen LogP contribution is 2.32. The molecule has 0 unspecified atom stereocenters. The van der Waals surface area contributed by atoms with Gasteiger partial charge in [0.2, 0.25) is 0 Å². The lowest BCUT2D eigenvalue weighted by molar-refractivity contribution is -0.137. The molecule has 0 fully saturated rings. The van der Waals surface area contributed by atoms with Crippen molar-refractivity contribution in [2.75, 3.05) is 5.32 Å². The van der Waals surface area contributed by atoms with Gasteiger partial charge in [0.15, 0.2) is 5.82 Å². The lowest BCUT2D eigenvalue weighted by Crippen LogP contribution is -2.09. The van der Waals surface area contributed by atoms with Crippen LogP contribution in [0.15, 0.2) is 42.6 Å². The van der Waals surface area contributed by atoms with E-state index in [1.807, 2.05) is 43.8 Å². The van der Waals surface area contributed by atoms with Gasteiger partial charge in [-0.25, -0.2) is 9.67 Å². The van der Waals surface area contributed by atoms with Crippen LogP contribution in [-0.2, 0) is 13.2 Å². The second-order valence-corrected chi connectivity index (χ2v) is 6.58. The number of aryl methyl sites for hydroxylation is 3. The Morgan fingerprint density at radius 2 is 1.82 bits per heavy atom. The van der Waals surface area contributed by atoms with Crippen molar-refractivity contribution in [1.29, 1.82) is 0 Å². The largest absolute Gasteiger partial charge is 0.416 e. The summed E-state index contributed by atoms with van der Waals surface area (Å²) in [5.74, 6) is 0.748. The highest BCUT2D eigenvalue weighted by Gasteiger charge is 2.30. The maximum atomic E-state index is 13.0. The zero-order valence-corrected chi connectivity index (χ0v) is 15.4. The molecule has 144 valence electrons. The summed E-state index contributed by atoms with van der Waals surface area (Å²) in [6, 6.07) is 8.73. The van der Waals surface area contributed by atoms with Crippen LogP contribution in [-0.4, -0.2) is 24.3 Å². The van der Waals surface area contributed by atoms with Crippen LogP contribution < -0.4 is 5.32 Å². The molecular formula is C19H17F3N6. The standard InChI is InChI=1S/C19H17F3N6/c1-11-9-12(2)28(26-11)18-24-15-7-8-27(3)16(15)17(25-18)23-14-6-4-5-13(10-14)19(20,21)22/h4-10H,1-3H3,(H,23,24,25). The number of nitrogens with one attached hydrogen (secondary N) is 1. The number of fused-ring (bicyclic) bond motifs is 1. The van der Waals surface area contributed by atoms with E-state index in [0.717, 1.165) is 23.5 Å². The maximum Gasteiger partial charge on any atom is 0.416 e. The van der Waals surface area contributed by atoms with E-state index in [2.05, 4.69) is 20.4 Å². The molecule has 1 aromatic carbocycles. The molecule has 0 saturated carbocycles. The molecular weight excluding hydrogens is 369 g/mol. The first-order valence-corrected chi connectivity index (χ1v) is 8.53. The number of alkyl halides is 3. The highest BCUT2D eigenvalue weighted by atomic mass is 19.4. The average molecular weight is 386 g/mol. The zero-order valence-electron chi connectivity index (χ0n) is 15.4. The quantitative estimate of drug-likeness (QED) is 0.562. The summed E-state index contributed by atoms with van der Waals surface area (Å²) in [7, 11) is 1.83. The number of nitrogens with zero attached hydrogens (tertiary/aromatic N) is 5. The van der Waals surface area contributed by atoms with E-state index < -0.39 is 11.7 Å². The van der Waals surface area contributed by atoms with Gasteiger partial charge in [-0.05, 0) is 44.2 Å². The molecule has 0 aliphatic carbocycles. The normalized spacial score (nSPS) is 11.9. The second-order valence-electron chi connectivity index (χ2n) is 6.58. The first kappa shape index (κ1) is 18.0. The van der Waals surface area contributed by atoms with Crippen molar-refractivity contribution in [2.24, 2.45) is 7.05 Å². The van der Waals surface area contributed by atoms with Gasteiger partial charge in [0.25, 0.3) is 5.95 Å². The van der Waals surface area contributed by atoms with E-state index in [-0.39, 0.29) is 5.69 Å². The summed E-state index contributed by atoms with van der Waals surface area (Å²) < 4.78 is 42.5. The number of anilines is 2. The SMILES string of the molecule is Cc1cc(C)n(-c2nc(Nc3cccc(C(F)(F)F)c3)c3c(ccn3C)n2)n1. The fourth-order valence-electron chi connectivity index (χ4n) is 3.10. The van der Waals surface area contributed by atoms with Crippen LogP contribution in [0.1, 0.15) is 17.0 Å². The topological polar surface area (TPSA) is 60.6 Å². The molecule has 4 rings (SSSR count). The van der Waals surface area contributed by atoms with Gasteiger partial charge in [-0.2, -0.15) is 23.3 Å². The van der Waals surface area contributed by atoms with E-state index in [1.165, 1.54) is 6.07 Å². The second kappa shape index (κ2) is 6.36. The lowest BCUT2D eigenvalue weighted by Gasteiger charge is -2.13. The van der Waals surface area contributed by atoms with E-state index in [0.29, 0.717) is 22.8 Å². The Morgan fingerprint density at radius 3 is 2.50 bits per heavy atom. The molecule has 6 nitrogen and oxygen atoms in total. The molecule has 3 heterocycles. The Balaban J connectivity index is 1.84. The smallest absolute Gasteiger partial charge is 0.346 e. The molecule has 3 aromatic heterocycles. The Hall–Kier alpha value is -3.36. The zero-order chi connectivity index (χ0) is 20.1. The van der Waals surface area contributed by atoms with Gasteiger partial charge in [0.05, 0.1) is 16.8 Å². The summed E-state index contributed by atoms with van der Waals surface area (Å²) in [4.78, 5) is 9.09. The van der Waals surface area contributed by atoms with E-state index in [9.17, 15) is 13.2 Å². The molecule has 4 aromatic rings. The number of benzene rings is 1. The first-order valence-electron chi connectivity index (χ1n) is 8.53. The van der Waals surface area contributed by atoms with Crippen LogP contribution in [0.5, 0.6) is 0 Å². The van der Waals surface area contributed by atoms with Crippen molar-refractivity contribution in [3.63, 3.8) is 0 Å². The summed E-state index contributed by atoms with van der Waals surface area (Å²) >= 11 is 0. The number of halogens is 3. The van der Waals surface area contributed by atoms with Crippen LogP contribution in [0.25, 0.3) is 17.0 Å². The number of hydrogen-bond acceptors (Lipinski definition) is 4. The third kappa shape index (κ3) is 3.19. The summed E-state index contributed by atoms with van der Waals surface area (Å²) in [6.45, 7) is 3.75. The van der Waals surface area contributed by atoms with Gasteiger partial charge in [-0.15, -0.1) is 0 Å². The van der Waals surface area contributed by atoms with Crippen LogP contribution in [0, 0.1) is 13.8 Å². The first-order chi connectivity index (χ1) is 13.2. The third-order valence-corrected chi connectivity index (χ3v) is 4.36. The third-order valence-electron chi connectivity index (χ3n) is 4.36. The fraction of sp³-hybridized carbons (Fsp3) is 0.211. The molecule has 0 radical (unpaired) electrons. The molecule has 0 atom stereocenters. The average Bonchev–Trinajstić information content (AvgIpc) is 3.16. The number of rotatable bonds is 3. The minimum Gasteiger partial charge on any atom is -0.346 e. The summed E-state index contributed by atoms with van der Waals surface area (Å²) in [5, 5.41) is 7.41. The van der Waals surface area contributed by atoms with Crippen LogP contribution >= 0.6 is 0 Å². The Kier molecular flexibility index (Phi) is 4.10. The Labute approximate surface area is 158 Å². The summed E-state index contributed by atoms with van der Waals surface area (Å²) in [6.07, 6.45) is -2.60. The van der Waals surface area contributed by atoms with Gasteiger partial charge in [0.1, 0.15) is 5.52 Å². The van der Waals surface area contributed by atoms with E-state index >= 15 is 0 Å². The maximum absolute atomic E-state index is 13.0. The molecule has 0 saturated heterocycles. The molecule has 0 aliphatic rings.